The number of rotatable bonds is 9. The average Bonchev–Trinajstić information content (AvgIpc) is 2.78. The minimum atomic E-state index is -3.96. The highest BCUT2D eigenvalue weighted by Gasteiger charge is 2.30. The van der Waals surface area contributed by atoms with Crippen LogP contribution in [0.3, 0.4) is 0 Å². The van der Waals surface area contributed by atoms with E-state index in [4.69, 9.17) is 4.18 Å². The van der Waals surface area contributed by atoms with Crippen LogP contribution in [0.4, 0.5) is 5.69 Å². The van der Waals surface area contributed by atoms with Gasteiger partial charge in [-0.2, -0.15) is 8.42 Å². The summed E-state index contributed by atoms with van der Waals surface area (Å²) in [5.41, 5.74) is 4.37. The number of hydrogen-bond acceptors (Lipinski definition) is 6. The van der Waals surface area contributed by atoms with Gasteiger partial charge in [-0.15, -0.1) is 11.8 Å². The Morgan fingerprint density at radius 2 is 1.59 bits per heavy atom. The van der Waals surface area contributed by atoms with Gasteiger partial charge in [-0.25, -0.2) is 0 Å². The predicted octanol–water partition coefficient (Wildman–Crippen LogP) is 6.50. The maximum absolute atomic E-state index is 12.7. The molecule has 0 amide bonds. The molecule has 0 atom stereocenters. The van der Waals surface area contributed by atoms with Gasteiger partial charge in [0.1, 0.15) is 0 Å². The number of nitro benzene ring substituents is 1. The second-order valence-corrected chi connectivity index (χ2v) is 11.6. The first-order chi connectivity index (χ1) is 15.9. The van der Waals surface area contributed by atoms with Crippen LogP contribution in [0.2, 0.25) is 0 Å². The van der Waals surface area contributed by atoms with Crippen molar-refractivity contribution in [3.05, 3.63) is 98.6 Å². The van der Waals surface area contributed by atoms with Crippen molar-refractivity contribution < 1.29 is 17.5 Å². The minimum absolute atomic E-state index is 0.0408. The summed E-state index contributed by atoms with van der Waals surface area (Å²) in [7, 11) is -3.96. The van der Waals surface area contributed by atoms with Gasteiger partial charge in [-0.3, -0.25) is 14.3 Å². The van der Waals surface area contributed by atoms with Crippen molar-refractivity contribution in [1.29, 1.82) is 0 Å². The van der Waals surface area contributed by atoms with E-state index < -0.39 is 20.5 Å². The molecule has 8 heteroatoms. The molecule has 34 heavy (non-hydrogen) atoms. The molecule has 0 saturated heterocycles. The van der Waals surface area contributed by atoms with E-state index in [9.17, 15) is 18.5 Å². The monoisotopic (exact) mass is 499 g/mol. The summed E-state index contributed by atoms with van der Waals surface area (Å²) in [4.78, 5) is 12.0. The molecule has 0 bridgehead atoms. The van der Waals surface area contributed by atoms with E-state index in [2.05, 4.69) is 26.0 Å². The van der Waals surface area contributed by atoms with E-state index >= 15 is 0 Å². The molecule has 3 rings (SSSR count). The van der Waals surface area contributed by atoms with Gasteiger partial charge in [-0.05, 0) is 61.2 Å². The van der Waals surface area contributed by atoms with Crippen LogP contribution in [0, 0.1) is 30.9 Å². The Kier molecular flexibility index (Phi) is 7.85. The molecule has 0 aliphatic heterocycles. The van der Waals surface area contributed by atoms with Crippen LogP contribution in [0.1, 0.15) is 41.7 Å². The van der Waals surface area contributed by atoms with Crippen molar-refractivity contribution in [3.8, 4) is 0 Å². The van der Waals surface area contributed by atoms with Crippen LogP contribution in [0.15, 0.2) is 70.5 Å². The molecular weight excluding hydrogens is 470 g/mol. The summed E-state index contributed by atoms with van der Waals surface area (Å²) in [5, 5.41) is 11.5. The molecule has 0 aliphatic rings. The van der Waals surface area contributed by atoms with Crippen molar-refractivity contribution in [2.45, 2.75) is 55.6 Å². The number of non-ortho nitro benzene ring substituents is 1. The van der Waals surface area contributed by atoms with Crippen LogP contribution in [0.5, 0.6) is 0 Å². The lowest BCUT2D eigenvalue weighted by molar-refractivity contribution is -0.385. The molecular formula is C26H29NO5S2. The highest BCUT2D eigenvalue weighted by Crippen LogP contribution is 2.38. The molecule has 3 aromatic carbocycles. The second-order valence-electron chi connectivity index (χ2n) is 9.01. The zero-order chi connectivity index (χ0) is 25.1. The Hall–Kier alpha value is -2.68. The maximum atomic E-state index is 12.7. The third kappa shape index (κ3) is 6.05. The summed E-state index contributed by atoms with van der Waals surface area (Å²) >= 11 is 1.58. The number of aryl methyl sites for hydroxylation is 3. The van der Waals surface area contributed by atoms with Crippen LogP contribution in [-0.2, 0) is 25.5 Å². The summed E-state index contributed by atoms with van der Waals surface area (Å²) < 4.78 is 30.9. The summed E-state index contributed by atoms with van der Waals surface area (Å²) in [5.74, 6) is 0.696. The molecule has 3 aromatic rings. The van der Waals surface area contributed by atoms with Gasteiger partial charge >= 0.3 is 0 Å². The highest BCUT2D eigenvalue weighted by molar-refractivity contribution is 7.98. The van der Waals surface area contributed by atoms with Crippen molar-refractivity contribution in [3.63, 3.8) is 0 Å². The number of hydrogen-bond donors (Lipinski definition) is 0. The van der Waals surface area contributed by atoms with Crippen molar-refractivity contribution in [2.75, 3.05) is 6.61 Å². The molecule has 0 aliphatic carbocycles. The van der Waals surface area contributed by atoms with E-state index in [1.165, 1.54) is 41.0 Å². The Labute approximate surface area is 205 Å². The molecule has 0 spiro atoms. The van der Waals surface area contributed by atoms with Gasteiger partial charge in [0.05, 0.1) is 16.4 Å². The van der Waals surface area contributed by atoms with Crippen LogP contribution in [0.25, 0.3) is 0 Å². The lowest BCUT2D eigenvalue weighted by Gasteiger charge is -2.27. The fourth-order valence-electron chi connectivity index (χ4n) is 3.59. The predicted molar refractivity (Wildman–Crippen MR) is 136 cm³/mol. The van der Waals surface area contributed by atoms with Crippen molar-refractivity contribution in [2.24, 2.45) is 0 Å². The molecule has 0 saturated carbocycles. The number of benzene rings is 3. The standard InChI is InChI=1S/C26H29NO5S2/c1-18-9-12-22(13-10-18)34(30,31)32-17-26(4,5)24-15-21(27(28)29)11-14-25(24)33-16-23-19(2)7-6-8-20(23)3/h6-15H,16-17H2,1-5H3. The largest absolute Gasteiger partial charge is 0.297 e. The van der Waals surface area contributed by atoms with Crippen LogP contribution in [-0.4, -0.2) is 19.9 Å². The first-order valence-electron chi connectivity index (χ1n) is 10.8. The third-order valence-electron chi connectivity index (χ3n) is 5.80. The van der Waals surface area contributed by atoms with Crippen LogP contribution >= 0.6 is 11.8 Å². The normalized spacial score (nSPS) is 12.0. The van der Waals surface area contributed by atoms with Crippen LogP contribution < -0.4 is 0 Å². The molecule has 0 fully saturated rings. The van der Waals surface area contributed by atoms with E-state index in [1.54, 1.807) is 30.0 Å². The van der Waals surface area contributed by atoms with Gasteiger partial charge in [0.25, 0.3) is 15.8 Å². The Balaban J connectivity index is 1.89. The molecule has 0 N–H and O–H groups in total. The average molecular weight is 500 g/mol. The number of thioether (sulfide) groups is 1. The number of nitro groups is 1. The molecule has 0 radical (unpaired) electrons. The Bertz CT molecular complexity index is 1280. The summed E-state index contributed by atoms with van der Waals surface area (Å²) in [6.45, 7) is 9.52. The topological polar surface area (TPSA) is 86.5 Å². The molecule has 0 unspecified atom stereocenters. The zero-order valence-electron chi connectivity index (χ0n) is 20.0. The lowest BCUT2D eigenvalue weighted by atomic mass is 9.85. The second kappa shape index (κ2) is 10.3. The SMILES string of the molecule is Cc1ccc(S(=O)(=O)OCC(C)(C)c2cc([N+](=O)[O-])ccc2SCc2c(C)cccc2C)cc1. The quantitative estimate of drug-likeness (QED) is 0.145. The smallest absolute Gasteiger partial charge is 0.265 e. The first-order valence-corrected chi connectivity index (χ1v) is 13.2. The summed E-state index contributed by atoms with van der Waals surface area (Å²) in [6.07, 6.45) is 0. The number of nitrogens with zero attached hydrogens (tertiary/aromatic N) is 1. The molecule has 180 valence electrons. The van der Waals surface area contributed by atoms with E-state index in [-0.39, 0.29) is 17.2 Å². The Morgan fingerprint density at radius 3 is 2.18 bits per heavy atom. The van der Waals surface area contributed by atoms with Gasteiger partial charge in [0.15, 0.2) is 0 Å². The molecule has 0 aromatic heterocycles. The lowest BCUT2D eigenvalue weighted by Crippen LogP contribution is -2.27. The van der Waals surface area contributed by atoms with Gasteiger partial charge in [0.2, 0.25) is 0 Å². The zero-order valence-corrected chi connectivity index (χ0v) is 21.6. The summed E-state index contributed by atoms with van der Waals surface area (Å²) in [6, 6.07) is 17.3. The van der Waals surface area contributed by atoms with Crippen molar-refractivity contribution >= 4 is 27.6 Å². The van der Waals surface area contributed by atoms with Crippen molar-refractivity contribution in [1.82, 2.24) is 0 Å². The molecule has 0 heterocycles. The van der Waals surface area contributed by atoms with E-state index in [1.807, 2.05) is 26.8 Å². The maximum Gasteiger partial charge on any atom is 0.297 e. The fraction of sp³-hybridized carbons (Fsp3) is 0.308. The van der Waals surface area contributed by atoms with E-state index in [0.29, 0.717) is 11.3 Å². The fourth-order valence-corrected chi connectivity index (χ4v) is 6.05. The minimum Gasteiger partial charge on any atom is -0.265 e. The molecule has 6 nitrogen and oxygen atoms in total. The van der Waals surface area contributed by atoms with Gasteiger partial charge in [-0.1, -0.05) is 49.7 Å². The third-order valence-corrected chi connectivity index (χ3v) is 8.18. The van der Waals surface area contributed by atoms with Gasteiger partial charge in [0, 0.05) is 28.2 Å². The van der Waals surface area contributed by atoms with E-state index in [0.717, 1.165) is 10.5 Å². The highest BCUT2D eigenvalue weighted by atomic mass is 32.2. The van der Waals surface area contributed by atoms with Gasteiger partial charge < -0.3 is 0 Å². The Morgan fingerprint density at radius 1 is 0.971 bits per heavy atom. The first kappa shape index (κ1) is 25.9.